The predicted molar refractivity (Wildman–Crippen MR) is 119 cm³/mol. The van der Waals surface area contributed by atoms with Crippen molar-refractivity contribution in [2.45, 2.75) is 31.8 Å². The second-order valence-corrected chi connectivity index (χ2v) is 8.82. The lowest BCUT2D eigenvalue weighted by Gasteiger charge is -2.14. The van der Waals surface area contributed by atoms with Crippen LogP contribution in [0.25, 0.3) is 11.4 Å². The van der Waals surface area contributed by atoms with Gasteiger partial charge in [-0.2, -0.15) is 0 Å². The number of aryl methyl sites for hydroxylation is 1. The monoisotopic (exact) mass is 458 g/mol. The third-order valence-electron chi connectivity index (χ3n) is 4.35. The van der Waals surface area contributed by atoms with Crippen LogP contribution in [0, 0.1) is 6.92 Å². The smallest absolute Gasteiger partial charge is 0.234 e. The van der Waals surface area contributed by atoms with E-state index in [1.165, 1.54) is 17.3 Å². The SMILES string of the molecule is Cc1cccc(-c2nnc(SCC(=O)Nc3ccc(Br)cc3C(C)C)n2C)c1. The molecular formula is C21H23BrN4OS. The van der Waals surface area contributed by atoms with E-state index in [2.05, 4.69) is 51.4 Å². The minimum atomic E-state index is -0.0608. The Kier molecular flexibility index (Phi) is 6.57. The molecule has 2 aromatic carbocycles. The van der Waals surface area contributed by atoms with Gasteiger partial charge in [0, 0.05) is 22.8 Å². The number of halogens is 1. The molecule has 3 aromatic rings. The van der Waals surface area contributed by atoms with Crippen LogP contribution in [-0.4, -0.2) is 26.4 Å². The Balaban J connectivity index is 1.68. The fourth-order valence-electron chi connectivity index (χ4n) is 2.92. The lowest BCUT2D eigenvalue weighted by Crippen LogP contribution is -2.16. The van der Waals surface area contributed by atoms with E-state index < -0.39 is 0 Å². The van der Waals surface area contributed by atoms with Crippen molar-refractivity contribution in [3.05, 3.63) is 58.1 Å². The summed E-state index contributed by atoms with van der Waals surface area (Å²) >= 11 is 4.87. The van der Waals surface area contributed by atoms with Crippen LogP contribution in [0.5, 0.6) is 0 Å². The van der Waals surface area contributed by atoms with Crippen molar-refractivity contribution >= 4 is 39.3 Å². The first-order chi connectivity index (χ1) is 13.3. The van der Waals surface area contributed by atoms with Gasteiger partial charge in [0.15, 0.2) is 11.0 Å². The molecule has 0 spiro atoms. The predicted octanol–water partition coefficient (Wildman–Crippen LogP) is 5.41. The van der Waals surface area contributed by atoms with Gasteiger partial charge in [-0.25, -0.2) is 0 Å². The largest absolute Gasteiger partial charge is 0.325 e. The minimum Gasteiger partial charge on any atom is -0.325 e. The fraction of sp³-hybridized carbons (Fsp3) is 0.286. The number of hydrogen-bond acceptors (Lipinski definition) is 4. The van der Waals surface area contributed by atoms with Crippen LogP contribution in [0.1, 0.15) is 30.9 Å². The molecular weight excluding hydrogens is 436 g/mol. The van der Waals surface area contributed by atoms with E-state index in [1.54, 1.807) is 0 Å². The number of nitrogens with one attached hydrogen (secondary N) is 1. The summed E-state index contributed by atoms with van der Waals surface area (Å²) in [5.41, 5.74) is 4.14. The fourth-order valence-corrected chi connectivity index (χ4v) is 4.01. The number of amides is 1. The molecule has 1 heterocycles. The van der Waals surface area contributed by atoms with Crippen molar-refractivity contribution in [1.82, 2.24) is 14.8 Å². The molecule has 1 aromatic heterocycles. The van der Waals surface area contributed by atoms with Crippen LogP contribution in [-0.2, 0) is 11.8 Å². The van der Waals surface area contributed by atoms with E-state index in [4.69, 9.17) is 0 Å². The molecule has 0 saturated carbocycles. The number of thioether (sulfide) groups is 1. The zero-order valence-electron chi connectivity index (χ0n) is 16.4. The minimum absolute atomic E-state index is 0.0608. The second kappa shape index (κ2) is 8.92. The molecule has 0 aliphatic carbocycles. The molecule has 146 valence electrons. The summed E-state index contributed by atoms with van der Waals surface area (Å²) in [6.07, 6.45) is 0. The van der Waals surface area contributed by atoms with Crippen LogP contribution in [0.4, 0.5) is 5.69 Å². The summed E-state index contributed by atoms with van der Waals surface area (Å²) in [5, 5.41) is 12.3. The van der Waals surface area contributed by atoms with Crippen molar-refractivity contribution in [2.24, 2.45) is 7.05 Å². The Hall–Kier alpha value is -2.12. The van der Waals surface area contributed by atoms with Crippen LogP contribution in [0.15, 0.2) is 52.1 Å². The van der Waals surface area contributed by atoms with E-state index in [-0.39, 0.29) is 11.7 Å². The lowest BCUT2D eigenvalue weighted by atomic mass is 10.0. The highest BCUT2D eigenvalue weighted by atomic mass is 79.9. The molecule has 0 atom stereocenters. The highest BCUT2D eigenvalue weighted by Gasteiger charge is 2.15. The highest BCUT2D eigenvalue weighted by molar-refractivity contribution is 9.10. The molecule has 0 saturated heterocycles. The van der Waals surface area contributed by atoms with Crippen molar-refractivity contribution in [2.75, 3.05) is 11.1 Å². The summed E-state index contributed by atoms with van der Waals surface area (Å²) in [4.78, 5) is 12.5. The zero-order chi connectivity index (χ0) is 20.3. The van der Waals surface area contributed by atoms with Gasteiger partial charge in [-0.1, -0.05) is 65.3 Å². The first kappa shape index (κ1) is 20.6. The quantitative estimate of drug-likeness (QED) is 0.501. The summed E-state index contributed by atoms with van der Waals surface area (Å²) in [6, 6.07) is 14.1. The molecule has 0 radical (unpaired) electrons. The second-order valence-electron chi connectivity index (χ2n) is 6.96. The Labute approximate surface area is 178 Å². The van der Waals surface area contributed by atoms with Crippen LogP contribution >= 0.6 is 27.7 Å². The van der Waals surface area contributed by atoms with Gasteiger partial charge in [0.1, 0.15) is 0 Å². The topological polar surface area (TPSA) is 59.8 Å². The van der Waals surface area contributed by atoms with E-state index in [0.717, 1.165) is 27.1 Å². The van der Waals surface area contributed by atoms with Gasteiger partial charge in [-0.05, 0) is 42.7 Å². The van der Waals surface area contributed by atoms with Gasteiger partial charge in [0.25, 0.3) is 0 Å². The van der Waals surface area contributed by atoms with Crippen molar-refractivity contribution in [3.8, 4) is 11.4 Å². The number of benzene rings is 2. The van der Waals surface area contributed by atoms with Crippen molar-refractivity contribution < 1.29 is 4.79 Å². The number of anilines is 1. The molecule has 5 nitrogen and oxygen atoms in total. The maximum absolute atomic E-state index is 12.5. The first-order valence-corrected chi connectivity index (χ1v) is 10.8. The molecule has 0 unspecified atom stereocenters. The number of hydrogen-bond donors (Lipinski definition) is 1. The molecule has 0 bridgehead atoms. The lowest BCUT2D eigenvalue weighted by molar-refractivity contribution is -0.113. The summed E-state index contributed by atoms with van der Waals surface area (Å²) in [5.74, 6) is 1.32. The first-order valence-electron chi connectivity index (χ1n) is 9.03. The van der Waals surface area contributed by atoms with Gasteiger partial charge in [-0.15, -0.1) is 10.2 Å². The van der Waals surface area contributed by atoms with Crippen LogP contribution in [0.2, 0.25) is 0 Å². The third-order valence-corrected chi connectivity index (χ3v) is 5.87. The standard InChI is InChI=1S/C21H23BrN4OS/c1-13(2)17-11-16(22)8-9-18(17)23-19(27)12-28-21-25-24-20(26(21)4)15-7-5-6-14(3)10-15/h5-11,13H,12H2,1-4H3,(H,23,27). The van der Waals surface area contributed by atoms with Gasteiger partial charge in [0.05, 0.1) is 5.75 Å². The van der Waals surface area contributed by atoms with Crippen LogP contribution in [0.3, 0.4) is 0 Å². The number of rotatable bonds is 6. The summed E-state index contributed by atoms with van der Waals surface area (Å²) in [6.45, 7) is 6.27. The normalized spacial score (nSPS) is 11.1. The molecule has 0 aliphatic rings. The van der Waals surface area contributed by atoms with E-state index >= 15 is 0 Å². The number of aromatic nitrogens is 3. The molecule has 1 N–H and O–H groups in total. The molecule has 1 amide bonds. The average Bonchev–Trinajstić information content (AvgIpc) is 3.02. The van der Waals surface area contributed by atoms with Gasteiger partial charge >= 0.3 is 0 Å². The molecule has 3 rings (SSSR count). The Morgan fingerprint density at radius 3 is 2.71 bits per heavy atom. The Bertz CT molecular complexity index is 1000. The maximum atomic E-state index is 12.5. The molecule has 0 aliphatic heterocycles. The molecule has 28 heavy (non-hydrogen) atoms. The van der Waals surface area contributed by atoms with Crippen molar-refractivity contribution in [3.63, 3.8) is 0 Å². The van der Waals surface area contributed by atoms with E-state index in [0.29, 0.717) is 11.1 Å². The molecule has 0 fully saturated rings. The average molecular weight is 459 g/mol. The Morgan fingerprint density at radius 2 is 2.00 bits per heavy atom. The Morgan fingerprint density at radius 1 is 1.21 bits per heavy atom. The van der Waals surface area contributed by atoms with Gasteiger partial charge < -0.3 is 9.88 Å². The molecule has 7 heteroatoms. The summed E-state index contributed by atoms with van der Waals surface area (Å²) in [7, 11) is 1.92. The van der Waals surface area contributed by atoms with E-state index in [1.807, 2.05) is 54.9 Å². The third kappa shape index (κ3) is 4.83. The number of carbonyl (C=O) groups is 1. The summed E-state index contributed by atoms with van der Waals surface area (Å²) < 4.78 is 2.93. The van der Waals surface area contributed by atoms with Crippen LogP contribution < -0.4 is 5.32 Å². The highest BCUT2D eigenvalue weighted by Crippen LogP contribution is 2.28. The van der Waals surface area contributed by atoms with E-state index in [9.17, 15) is 4.79 Å². The maximum Gasteiger partial charge on any atom is 0.234 e. The van der Waals surface area contributed by atoms with Gasteiger partial charge in [-0.3, -0.25) is 4.79 Å². The zero-order valence-corrected chi connectivity index (χ0v) is 18.8. The van der Waals surface area contributed by atoms with Crippen molar-refractivity contribution in [1.29, 1.82) is 0 Å². The number of nitrogens with zero attached hydrogens (tertiary/aromatic N) is 3. The number of carbonyl (C=O) groups excluding carboxylic acids is 1. The van der Waals surface area contributed by atoms with Gasteiger partial charge in [0.2, 0.25) is 5.91 Å².